The van der Waals surface area contributed by atoms with Gasteiger partial charge in [-0.05, 0) is 18.2 Å². The zero-order valence-corrected chi connectivity index (χ0v) is 10.7. The number of hydrogen-bond donors (Lipinski definition) is 0. The van der Waals surface area contributed by atoms with E-state index in [0.717, 1.165) is 6.07 Å². The quantitative estimate of drug-likeness (QED) is 0.787. The van der Waals surface area contributed by atoms with E-state index in [1.807, 2.05) is 0 Å². The standard InChI is InChI=1S/C15H12F2O3/c1-19-13-7-3-4-10(8-18)15(13)20-9-11-5-2-6-12(16)14(11)17/h2-8H,9H2,1H3. The monoisotopic (exact) mass is 278 g/mol. The van der Waals surface area contributed by atoms with E-state index < -0.39 is 11.6 Å². The first-order chi connectivity index (χ1) is 9.67. The summed E-state index contributed by atoms with van der Waals surface area (Å²) in [7, 11) is 1.43. The zero-order chi connectivity index (χ0) is 14.5. The Morgan fingerprint density at radius 2 is 1.90 bits per heavy atom. The fraction of sp³-hybridized carbons (Fsp3) is 0.133. The Hall–Kier alpha value is -2.43. The normalized spacial score (nSPS) is 10.2. The van der Waals surface area contributed by atoms with E-state index in [4.69, 9.17) is 9.47 Å². The highest BCUT2D eigenvalue weighted by molar-refractivity contribution is 5.81. The minimum absolute atomic E-state index is 0.0627. The van der Waals surface area contributed by atoms with Crippen LogP contribution in [0.2, 0.25) is 0 Å². The number of rotatable bonds is 5. The molecule has 0 saturated carbocycles. The smallest absolute Gasteiger partial charge is 0.172 e. The first-order valence-corrected chi connectivity index (χ1v) is 5.85. The lowest BCUT2D eigenvalue weighted by molar-refractivity contribution is 0.111. The lowest BCUT2D eigenvalue weighted by Crippen LogP contribution is -2.03. The Morgan fingerprint density at radius 1 is 1.15 bits per heavy atom. The van der Waals surface area contributed by atoms with E-state index in [9.17, 15) is 13.6 Å². The highest BCUT2D eigenvalue weighted by Crippen LogP contribution is 2.31. The van der Waals surface area contributed by atoms with Gasteiger partial charge in [0.1, 0.15) is 6.61 Å². The van der Waals surface area contributed by atoms with Crippen LogP contribution >= 0.6 is 0 Å². The minimum Gasteiger partial charge on any atom is -0.493 e. The molecule has 0 heterocycles. The topological polar surface area (TPSA) is 35.5 Å². The summed E-state index contributed by atoms with van der Waals surface area (Å²) >= 11 is 0. The van der Waals surface area contributed by atoms with Crippen molar-refractivity contribution in [1.29, 1.82) is 0 Å². The van der Waals surface area contributed by atoms with Gasteiger partial charge in [-0.1, -0.05) is 18.2 Å². The van der Waals surface area contributed by atoms with E-state index in [2.05, 4.69) is 0 Å². The molecule has 20 heavy (non-hydrogen) atoms. The van der Waals surface area contributed by atoms with Gasteiger partial charge in [0, 0.05) is 5.56 Å². The Kier molecular flexibility index (Phi) is 4.30. The van der Waals surface area contributed by atoms with Gasteiger partial charge in [-0.15, -0.1) is 0 Å². The number of hydrogen-bond acceptors (Lipinski definition) is 3. The predicted octanol–water partition coefficient (Wildman–Crippen LogP) is 3.36. The van der Waals surface area contributed by atoms with Crippen LogP contribution in [0.15, 0.2) is 36.4 Å². The van der Waals surface area contributed by atoms with Gasteiger partial charge in [-0.2, -0.15) is 0 Å². The van der Waals surface area contributed by atoms with Crippen LogP contribution in [-0.2, 0) is 6.61 Å². The van der Waals surface area contributed by atoms with Gasteiger partial charge >= 0.3 is 0 Å². The highest BCUT2D eigenvalue weighted by Gasteiger charge is 2.13. The second kappa shape index (κ2) is 6.14. The number of para-hydroxylation sites is 1. The Morgan fingerprint density at radius 3 is 2.60 bits per heavy atom. The molecule has 0 aliphatic heterocycles. The molecule has 5 heteroatoms. The number of carbonyl (C=O) groups excluding carboxylic acids is 1. The number of methoxy groups -OCH3 is 1. The highest BCUT2D eigenvalue weighted by atomic mass is 19.2. The minimum atomic E-state index is -0.963. The molecular weight excluding hydrogens is 266 g/mol. The van der Waals surface area contributed by atoms with E-state index >= 15 is 0 Å². The van der Waals surface area contributed by atoms with Crippen LogP contribution in [0, 0.1) is 11.6 Å². The van der Waals surface area contributed by atoms with Gasteiger partial charge in [0.05, 0.1) is 12.7 Å². The molecule has 2 rings (SSSR count). The molecule has 0 aliphatic rings. The third-order valence-corrected chi connectivity index (χ3v) is 2.76. The maximum Gasteiger partial charge on any atom is 0.172 e. The largest absolute Gasteiger partial charge is 0.493 e. The first kappa shape index (κ1) is 14.0. The summed E-state index contributed by atoms with van der Waals surface area (Å²) in [5.41, 5.74) is 0.342. The van der Waals surface area contributed by atoms with Crippen LogP contribution in [0.25, 0.3) is 0 Å². The van der Waals surface area contributed by atoms with Crippen LogP contribution in [-0.4, -0.2) is 13.4 Å². The molecule has 0 atom stereocenters. The van der Waals surface area contributed by atoms with Crippen LogP contribution in [0.1, 0.15) is 15.9 Å². The molecule has 0 unspecified atom stereocenters. The van der Waals surface area contributed by atoms with Crippen LogP contribution in [0.5, 0.6) is 11.5 Å². The fourth-order valence-corrected chi connectivity index (χ4v) is 1.75. The second-order valence-electron chi connectivity index (χ2n) is 4.00. The Bertz CT molecular complexity index is 627. The third kappa shape index (κ3) is 2.77. The van der Waals surface area contributed by atoms with Crippen molar-refractivity contribution in [3.8, 4) is 11.5 Å². The maximum atomic E-state index is 13.5. The number of carbonyl (C=O) groups is 1. The van der Waals surface area contributed by atoms with Crippen LogP contribution in [0.3, 0.4) is 0 Å². The lowest BCUT2D eigenvalue weighted by Gasteiger charge is -2.13. The average Bonchev–Trinajstić information content (AvgIpc) is 2.48. The van der Waals surface area contributed by atoms with E-state index in [1.165, 1.54) is 19.2 Å². The number of ether oxygens (including phenoxy) is 2. The van der Waals surface area contributed by atoms with Crippen LogP contribution in [0.4, 0.5) is 8.78 Å². The van der Waals surface area contributed by atoms with Crippen molar-refractivity contribution in [3.05, 3.63) is 59.2 Å². The molecule has 104 valence electrons. The van der Waals surface area contributed by atoms with Gasteiger partial charge in [0.2, 0.25) is 0 Å². The predicted molar refractivity (Wildman–Crippen MR) is 69.1 cm³/mol. The van der Waals surface area contributed by atoms with E-state index in [0.29, 0.717) is 12.0 Å². The van der Waals surface area contributed by atoms with Gasteiger partial charge < -0.3 is 9.47 Å². The summed E-state index contributed by atoms with van der Waals surface area (Å²) in [5.74, 6) is -1.35. The third-order valence-electron chi connectivity index (χ3n) is 2.76. The number of halogens is 2. The summed E-state index contributed by atoms with van der Waals surface area (Å²) in [6.07, 6.45) is 0.611. The molecule has 0 aromatic heterocycles. The second-order valence-corrected chi connectivity index (χ2v) is 4.00. The molecule has 3 nitrogen and oxygen atoms in total. The summed E-state index contributed by atoms with van der Waals surface area (Å²) in [6, 6.07) is 8.63. The Balaban J connectivity index is 2.27. The van der Waals surface area contributed by atoms with Gasteiger partial charge in [-0.3, -0.25) is 4.79 Å². The molecule has 2 aromatic rings. The molecule has 0 amide bonds. The molecule has 0 fully saturated rings. The van der Waals surface area contributed by atoms with Crippen molar-refractivity contribution in [1.82, 2.24) is 0 Å². The van der Waals surface area contributed by atoms with Crippen molar-refractivity contribution in [2.24, 2.45) is 0 Å². The summed E-state index contributed by atoms with van der Waals surface area (Å²) in [5, 5.41) is 0. The summed E-state index contributed by atoms with van der Waals surface area (Å²) in [4.78, 5) is 11.0. The first-order valence-electron chi connectivity index (χ1n) is 5.85. The van der Waals surface area contributed by atoms with Crippen molar-refractivity contribution < 1.29 is 23.0 Å². The fourth-order valence-electron chi connectivity index (χ4n) is 1.75. The maximum absolute atomic E-state index is 13.5. The number of aldehydes is 1. The van der Waals surface area contributed by atoms with E-state index in [-0.39, 0.29) is 23.5 Å². The lowest BCUT2D eigenvalue weighted by atomic mass is 10.2. The summed E-state index contributed by atoms with van der Waals surface area (Å²) in [6.45, 7) is -0.204. The SMILES string of the molecule is COc1cccc(C=O)c1OCc1cccc(F)c1F. The molecule has 0 bridgehead atoms. The van der Waals surface area contributed by atoms with Crippen LogP contribution < -0.4 is 9.47 Å². The van der Waals surface area contributed by atoms with Gasteiger partial charge in [-0.25, -0.2) is 8.78 Å². The molecular formula is C15H12F2O3. The zero-order valence-electron chi connectivity index (χ0n) is 10.7. The summed E-state index contributed by atoms with van der Waals surface area (Å²) < 4.78 is 37.1. The molecule has 0 radical (unpaired) electrons. The molecule has 0 spiro atoms. The van der Waals surface area contributed by atoms with E-state index in [1.54, 1.807) is 18.2 Å². The Labute approximate surface area is 114 Å². The van der Waals surface area contributed by atoms with Crippen molar-refractivity contribution >= 4 is 6.29 Å². The number of benzene rings is 2. The van der Waals surface area contributed by atoms with Gasteiger partial charge in [0.15, 0.2) is 29.4 Å². The van der Waals surface area contributed by atoms with Crippen molar-refractivity contribution in [2.75, 3.05) is 7.11 Å². The van der Waals surface area contributed by atoms with Crippen molar-refractivity contribution in [3.63, 3.8) is 0 Å². The molecule has 0 aliphatic carbocycles. The average molecular weight is 278 g/mol. The van der Waals surface area contributed by atoms with Gasteiger partial charge in [0.25, 0.3) is 0 Å². The molecule has 2 aromatic carbocycles. The molecule has 0 saturated heterocycles. The van der Waals surface area contributed by atoms with Crippen molar-refractivity contribution in [2.45, 2.75) is 6.61 Å². The molecule has 0 N–H and O–H groups in total.